The number of aromatic nitrogens is 2. The molecule has 0 aliphatic heterocycles. The van der Waals surface area contributed by atoms with Gasteiger partial charge in [-0.2, -0.15) is 15.8 Å². The Bertz CT molecular complexity index is 2900. The van der Waals surface area contributed by atoms with E-state index in [0.717, 1.165) is 66.5 Å². The minimum absolute atomic E-state index is 0.551. The first-order valence-corrected chi connectivity index (χ1v) is 16.3. The summed E-state index contributed by atoms with van der Waals surface area (Å²) in [6, 6.07) is 57.9. The van der Waals surface area contributed by atoms with Crippen LogP contribution in [0, 0.1) is 34.0 Å². The highest BCUT2D eigenvalue weighted by Crippen LogP contribution is 2.41. The van der Waals surface area contributed by atoms with Crippen molar-refractivity contribution in [1.82, 2.24) is 9.13 Å². The summed E-state index contributed by atoms with van der Waals surface area (Å²) in [5, 5.41) is 33.8. The quantitative estimate of drug-likeness (QED) is 0.193. The van der Waals surface area contributed by atoms with E-state index < -0.39 is 0 Å². The molecular formula is C45H25N5. The third kappa shape index (κ3) is 4.38. The Labute approximate surface area is 287 Å². The summed E-state index contributed by atoms with van der Waals surface area (Å²) in [6.45, 7) is 0. The zero-order valence-electron chi connectivity index (χ0n) is 26.7. The second-order valence-corrected chi connectivity index (χ2v) is 12.3. The van der Waals surface area contributed by atoms with Crippen LogP contribution in [0.25, 0.3) is 77.2 Å². The molecule has 0 N–H and O–H groups in total. The van der Waals surface area contributed by atoms with Gasteiger partial charge in [-0.25, -0.2) is 0 Å². The summed E-state index contributed by atoms with van der Waals surface area (Å²) in [6.07, 6.45) is 0. The SMILES string of the molecule is N#Cc1ccc(-c2ccc(-n3c4ccccc4c4ccccc43)cc2)c(-c2ccccc2-n2c3ccc(C#N)cc3c3ccc(C#N)cc32)c1. The first-order chi connectivity index (χ1) is 24.7. The summed E-state index contributed by atoms with van der Waals surface area (Å²) in [4.78, 5) is 0. The molecule has 9 rings (SSSR count). The van der Waals surface area contributed by atoms with Crippen molar-refractivity contribution >= 4 is 43.6 Å². The predicted molar refractivity (Wildman–Crippen MR) is 200 cm³/mol. The highest BCUT2D eigenvalue weighted by atomic mass is 15.0. The van der Waals surface area contributed by atoms with Crippen molar-refractivity contribution < 1.29 is 0 Å². The third-order valence-electron chi connectivity index (χ3n) is 9.62. The van der Waals surface area contributed by atoms with Gasteiger partial charge in [0.15, 0.2) is 0 Å². The zero-order valence-corrected chi connectivity index (χ0v) is 26.7. The Morgan fingerprint density at radius 2 is 0.920 bits per heavy atom. The lowest BCUT2D eigenvalue weighted by atomic mass is 9.91. The molecular weight excluding hydrogens is 611 g/mol. The molecule has 0 spiro atoms. The van der Waals surface area contributed by atoms with Crippen LogP contribution in [-0.2, 0) is 0 Å². The highest BCUT2D eigenvalue weighted by molar-refractivity contribution is 6.11. The van der Waals surface area contributed by atoms with E-state index in [0.29, 0.717) is 16.7 Å². The van der Waals surface area contributed by atoms with E-state index in [1.54, 1.807) is 0 Å². The number of hydrogen-bond acceptors (Lipinski definition) is 3. The van der Waals surface area contributed by atoms with E-state index in [2.05, 4.69) is 112 Å². The normalized spacial score (nSPS) is 11.1. The Kier molecular flexibility index (Phi) is 6.56. The lowest BCUT2D eigenvalue weighted by Gasteiger charge is -2.18. The van der Waals surface area contributed by atoms with Crippen molar-refractivity contribution in [2.75, 3.05) is 0 Å². The fourth-order valence-corrected chi connectivity index (χ4v) is 7.40. The molecule has 230 valence electrons. The molecule has 7 aromatic carbocycles. The zero-order chi connectivity index (χ0) is 33.8. The molecule has 0 unspecified atom stereocenters. The number of nitriles is 3. The number of benzene rings is 7. The maximum absolute atomic E-state index is 10.0. The lowest BCUT2D eigenvalue weighted by Crippen LogP contribution is -1.99. The molecule has 0 saturated carbocycles. The molecule has 0 fully saturated rings. The van der Waals surface area contributed by atoms with Gasteiger partial charge in [-0.3, -0.25) is 0 Å². The van der Waals surface area contributed by atoms with Crippen LogP contribution >= 0.6 is 0 Å². The molecule has 5 nitrogen and oxygen atoms in total. The smallest absolute Gasteiger partial charge is 0.0992 e. The van der Waals surface area contributed by atoms with Gasteiger partial charge < -0.3 is 9.13 Å². The van der Waals surface area contributed by atoms with Crippen LogP contribution in [-0.4, -0.2) is 9.13 Å². The van der Waals surface area contributed by atoms with E-state index >= 15 is 0 Å². The third-order valence-corrected chi connectivity index (χ3v) is 9.62. The van der Waals surface area contributed by atoms with E-state index in [9.17, 15) is 15.8 Å². The fraction of sp³-hybridized carbons (Fsp3) is 0. The first-order valence-electron chi connectivity index (χ1n) is 16.3. The topological polar surface area (TPSA) is 81.2 Å². The van der Waals surface area contributed by atoms with Crippen LogP contribution in [0.3, 0.4) is 0 Å². The van der Waals surface area contributed by atoms with Crippen molar-refractivity contribution in [3.63, 3.8) is 0 Å². The Morgan fingerprint density at radius 3 is 1.64 bits per heavy atom. The first kappa shape index (κ1) is 28.8. The number of hydrogen-bond donors (Lipinski definition) is 0. The van der Waals surface area contributed by atoms with Gasteiger partial charge in [0.1, 0.15) is 0 Å². The van der Waals surface area contributed by atoms with Crippen LogP contribution < -0.4 is 0 Å². The number of para-hydroxylation sites is 3. The molecule has 0 saturated heterocycles. The van der Waals surface area contributed by atoms with Crippen molar-refractivity contribution in [3.8, 4) is 51.8 Å². The van der Waals surface area contributed by atoms with E-state index in [4.69, 9.17) is 0 Å². The average Bonchev–Trinajstić information content (AvgIpc) is 3.69. The van der Waals surface area contributed by atoms with Gasteiger partial charge in [-0.15, -0.1) is 0 Å². The number of fused-ring (bicyclic) bond motifs is 6. The monoisotopic (exact) mass is 635 g/mol. The maximum atomic E-state index is 10.0. The number of rotatable bonds is 4. The van der Waals surface area contributed by atoms with Crippen LogP contribution in [0.2, 0.25) is 0 Å². The summed E-state index contributed by atoms with van der Waals surface area (Å²) in [5.41, 5.74) is 11.6. The Hall–Kier alpha value is -7.39. The summed E-state index contributed by atoms with van der Waals surface area (Å²) in [5.74, 6) is 0. The van der Waals surface area contributed by atoms with Crippen molar-refractivity contribution in [2.45, 2.75) is 0 Å². The molecule has 2 aromatic heterocycles. The van der Waals surface area contributed by atoms with Crippen molar-refractivity contribution in [2.24, 2.45) is 0 Å². The van der Waals surface area contributed by atoms with Gasteiger partial charge in [-0.05, 0) is 89.5 Å². The van der Waals surface area contributed by atoms with Gasteiger partial charge in [-0.1, -0.05) is 78.9 Å². The molecule has 50 heavy (non-hydrogen) atoms. The van der Waals surface area contributed by atoms with E-state index in [1.165, 1.54) is 10.8 Å². The summed E-state index contributed by atoms with van der Waals surface area (Å²) >= 11 is 0. The number of nitrogens with zero attached hydrogens (tertiary/aromatic N) is 5. The maximum Gasteiger partial charge on any atom is 0.0992 e. The van der Waals surface area contributed by atoms with Gasteiger partial charge in [0.05, 0.1) is 62.7 Å². The molecule has 0 amide bonds. The summed E-state index contributed by atoms with van der Waals surface area (Å²) in [7, 11) is 0. The standard InChI is InChI=1S/C45H25N5/c46-26-29-13-20-34(32-16-18-33(19-17-32)49-41-10-4-1-7-35(41)36-8-2-5-11-42(36)49)39(23-29)37-9-3-6-12-43(37)50-44-22-15-30(27-47)24-40(44)38-21-14-31(28-48)25-45(38)50/h1-25H. The second-order valence-electron chi connectivity index (χ2n) is 12.3. The van der Waals surface area contributed by atoms with Gasteiger partial charge >= 0.3 is 0 Å². The minimum Gasteiger partial charge on any atom is -0.309 e. The van der Waals surface area contributed by atoms with Gasteiger partial charge in [0.2, 0.25) is 0 Å². The molecule has 9 aromatic rings. The molecule has 5 heteroatoms. The molecule has 0 atom stereocenters. The van der Waals surface area contributed by atoms with Gasteiger partial charge in [0, 0.05) is 32.8 Å². The minimum atomic E-state index is 0.551. The fourth-order valence-electron chi connectivity index (χ4n) is 7.40. The van der Waals surface area contributed by atoms with E-state index in [-0.39, 0.29) is 0 Å². The van der Waals surface area contributed by atoms with Crippen LogP contribution in [0.5, 0.6) is 0 Å². The van der Waals surface area contributed by atoms with Crippen LogP contribution in [0.15, 0.2) is 152 Å². The molecule has 0 aliphatic carbocycles. The molecule has 0 radical (unpaired) electrons. The molecule has 0 bridgehead atoms. The predicted octanol–water partition coefficient (Wildman–Crippen LogP) is 10.8. The van der Waals surface area contributed by atoms with Gasteiger partial charge in [0.25, 0.3) is 0 Å². The largest absolute Gasteiger partial charge is 0.309 e. The highest BCUT2D eigenvalue weighted by Gasteiger charge is 2.19. The van der Waals surface area contributed by atoms with Crippen LogP contribution in [0.4, 0.5) is 0 Å². The van der Waals surface area contributed by atoms with Crippen LogP contribution in [0.1, 0.15) is 16.7 Å². The van der Waals surface area contributed by atoms with Crippen molar-refractivity contribution in [1.29, 1.82) is 15.8 Å². The second kappa shape index (κ2) is 11.4. The molecule has 0 aliphatic rings. The average molecular weight is 636 g/mol. The summed E-state index contributed by atoms with van der Waals surface area (Å²) < 4.78 is 4.47. The molecule has 2 heterocycles. The Balaban J connectivity index is 1.25. The van der Waals surface area contributed by atoms with Crippen molar-refractivity contribution in [3.05, 3.63) is 168 Å². The lowest BCUT2D eigenvalue weighted by molar-refractivity contribution is 1.18. The Morgan fingerprint density at radius 1 is 0.360 bits per heavy atom. The van der Waals surface area contributed by atoms with E-state index in [1.807, 2.05) is 66.7 Å².